The van der Waals surface area contributed by atoms with Gasteiger partial charge in [0.15, 0.2) is 5.78 Å². The van der Waals surface area contributed by atoms with Gasteiger partial charge >= 0.3 is 5.97 Å². The number of carboxylic acids is 1. The number of hydrogen-bond acceptors (Lipinski definition) is 2. The summed E-state index contributed by atoms with van der Waals surface area (Å²) >= 11 is 0. The number of rotatable bonds is 2. The van der Waals surface area contributed by atoms with Gasteiger partial charge in [-0.3, -0.25) is 4.79 Å². The SMILES string of the molecule is CC(=O)c1ccccc1C(=O)O.c1cc2ccc1-2. The first-order chi connectivity index (χ1) is 8.59. The second kappa shape index (κ2) is 4.84. The molecule has 2 aliphatic carbocycles. The van der Waals surface area contributed by atoms with Gasteiger partial charge < -0.3 is 5.11 Å². The van der Waals surface area contributed by atoms with E-state index in [0.717, 1.165) is 0 Å². The van der Waals surface area contributed by atoms with Gasteiger partial charge in [0.2, 0.25) is 0 Å². The molecule has 0 atom stereocenters. The molecule has 3 nitrogen and oxygen atoms in total. The molecule has 1 aromatic rings. The fourth-order valence-corrected chi connectivity index (χ4v) is 1.64. The molecule has 1 N–H and O–H groups in total. The lowest BCUT2D eigenvalue weighted by Gasteiger charge is -2.10. The lowest BCUT2D eigenvalue weighted by Crippen LogP contribution is -2.05. The number of Topliss-reactive ketones (excluding diaryl/α,β-unsaturated/α-hetero) is 1. The molecule has 3 rings (SSSR count). The average Bonchev–Trinajstić information content (AvgIpc) is 2.34. The van der Waals surface area contributed by atoms with Crippen LogP contribution in [0.4, 0.5) is 0 Å². The van der Waals surface area contributed by atoms with Crippen LogP contribution >= 0.6 is 0 Å². The molecule has 90 valence electrons. The van der Waals surface area contributed by atoms with Crippen LogP contribution in [0, 0.1) is 0 Å². The van der Waals surface area contributed by atoms with Crippen molar-refractivity contribution in [1.29, 1.82) is 0 Å². The number of carbonyl (C=O) groups excluding carboxylic acids is 1. The van der Waals surface area contributed by atoms with Crippen molar-refractivity contribution in [3.8, 4) is 11.1 Å². The second-order valence-electron chi connectivity index (χ2n) is 3.98. The smallest absolute Gasteiger partial charge is 0.336 e. The van der Waals surface area contributed by atoms with Gasteiger partial charge in [-0.25, -0.2) is 4.79 Å². The van der Waals surface area contributed by atoms with Gasteiger partial charge in [0.05, 0.1) is 5.56 Å². The number of carbonyl (C=O) groups is 2. The summed E-state index contributed by atoms with van der Waals surface area (Å²) in [6, 6.07) is 14.6. The highest BCUT2D eigenvalue weighted by Crippen LogP contribution is 2.29. The fraction of sp³-hybridized carbons (Fsp3) is 0.0667. The van der Waals surface area contributed by atoms with Crippen molar-refractivity contribution >= 4 is 11.8 Å². The summed E-state index contributed by atoms with van der Waals surface area (Å²) in [7, 11) is 0. The zero-order valence-corrected chi connectivity index (χ0v) is 9.88. The van der Waals surface area contributed by atoms with E-state index in [-0.39, 0.29) is 16.9 Å². The first kappa shape index (κ1) is 12.0. The molecular weight excluding hydrogens is 228 g/mol. The molecule has 0 bridgehead atoms. The molecule has 0 radical (unpaired) electrons. The van der Waals surface area contributed by atoms with Crippen LogP contribution in [-0.4, -0.2) is 16.9 Å². The number of ketones is 1. The Balaban J connectivity index is 0.000000164. The van der Waals surface area contributed by atoms with Gasteiger partial charge in [-0.15, -0.1) is 0 Å². The predicted molar refractivity (Wildman–Crippen MR) is 68.8 cm³/mol. The molecule has 0 unspecified atom stereocenters. The van der Waals surface area contributed by atoms with E-state index in [4.69, 9.17) is 5.11 Å². The van der Waals surface area contributed by atoms with Gasteiger partial charge in [0, 0.05) is 5.56 Å². The monoisotopic (exact) mass is 240 g/mol. The summed E-state index contributed by atoms with van der Waals surface area (Å²) in [4.78, 5) is 21.5. The van der Waals surface area contributed by atoms with E-state index in [1.165, 1.54) is 30.2 Å². The Morgan fingerprint density at radius 1 is 0.833 bits per heavy atom. The average molecular weight is 240 g/mol. The summed E-state index contributed by atoms with van der Waals surface area (Å²) in [5.74, 6) is -1.30. The van der Waals surface area contributed by atoms with Crippen LogP contribution < -0.4 is 0 Å². The summed E-state index contributed by atoms with van der Waals surface area (Å²) in [6.45, 7) is 1.35. The van der Waals surface area contributed by atoms with Crippen molar-refractivity contribution in [1.82, 2.24) is 0 Å². The van der Waals surface area contributed by atoms with Crippen LogP contribution in [0.2, 0.25) is 0 Å². The minimum atomic E-state index is -1.07. The molecule has 0 saturated heterocycles. The summed E-state index contributed by atoms with van der Waals surface area (Å²) in [5.41, 5.74) is 3.17. The van der Waals surface area contributed by atoms with Gasteiger partial charge in [-0.1, -0.05) is 42.5 Å². The minimum Gasteiger partial charge on any atom is -0.478 e. The Bertz CT molecular complexity index is 543. The number of aromatic carboxylic acids is 1. The van der Waals surface area contributed by atoms with Gasteiger partial charge in [-0.2, -0.15) is 0 Å². The van der Waals surface area contributed by atoms with E-state index in [0.29, 0.717) is 0 Å². The van der Waals surface area contributed by atoms with Crippen LogP contribution in [0.5, 0.6) is 0 Å². The molecule has 0 aromatic heterocycles. The normalized spacial score (nSPS) is 10.1. The molecule has 0 amide bonds. The van der Waals surface area contributed by atoms with E-state index >= 15 is 0 Å². The molecule has 2 aliphatic rings. The molecular formula is C15H12O3. The second-order valence-corrected chi connectivity index (χ2v) is 3.98. The van der Waals surface area contributed by atoms with E-state index in [9.17, 15) is 9.59 Å². The Hall–Kier alpha value is -2.42. The van der Waals surface area contributed by atoms with Crippen molar-refractivity contribution < 1.29 is 14.7 Å². The van der Waals surface area contributed by atoms with Gasteiger partial charge in [0.25, 0.3) is 0 Å². The van der Waals surface area contributed by atoms with Crippen molar-refractivity contribution in [2.75, 3.05) is 0 Å². The fourth-order valence-electron chi connectivity index (χ4n) is 1.64. The van der Waals surface area contributed by atoms with E-state index < -0.39 is 5.97 Å². The molecule has 18 heavy (non-hydrogen) atoms. The highest BCUT2D eigenvalue weighted by Gasteiger charge is 2.11. The van der Waals surface area contributed by atoms with E-state index in [1.54, 1.807) is 12.1 Å². The van der Waals surface area contributed by atoms with Crippen LogP contribution in [0.25, 0.3) is 11.1 Å². The van der Waals surface area contributed by atoms with E-state index in [1.807, 2.05) is 0 Å². The number of hydrogen-bond donors (Lipinski definition) is 1. The number of benzene rings is 2. The first-order valence-corrected chi connectivity index (χ1v) is 5.53. The lowest BCUT2D eigenvalue weighted by atomic mass is 9.95. The summed E-state index contributed by atoms with van der Waals surface area (Å²) in [6.07, 6.45) is 0. The number of carboxylic acid groups (broad SMARTS) is 1. The summed E-state index contributed by atoms with van der Waals surface area (Å²) in [5, 5.41) is 8.66. The first-order valence-electron chi connectivity index (χ1n) is 5.53. The Morgan fingerprint density at radius 2 is 1.28 bits per heavy atom. The molecule has 0 spiro atoms. The standard InChI is InChI=1S/C9H8O3.C6H4/c1-6(10)7-4-2-3-5-8(7)9(11)12;1-2-6-4-3-5(1)6/h2-5H,1H3,(H,11,12);1-4H. The highest BCUT2D eigenvalue weighted by atomic mass is 16.4. The van der Waals surface area contributed by atoms with Crippen LogP contribution in [0.3, 0.4) is 0 Å². The van der Waals surface area contributed by atoms with Crippen LogP contribution in [0.1, 0.15) is 27.6 Å². The maximum absolute atomic E-state index is 10.9. The topological polar surface area (TPSA) is 54.4 Å². The van der Waals surface area contributed by atoms with Crippen molar-refractivity contribution in [3.05, 3.63) is 59.7 Å². The maximum atomic E-state index is 10.9. The van der Waals surface area contributed by atoms with Crippen LogP contribution in [-0.2, 0) is 0 Å². The maximum Gasteiger partial charge on any atom is 0.336 e. The molecule has 0 aliphatic heterocycles. The molecule has 3 heteroatoms. The minimum absolute atomic E-state index is 0.0602. The van der Waals surface area contributed by atoms with Crippen molar-refractivity contribution in [3.63, 3.8) is 0 Å². The molecule has 1 aromatic carbocycles. The molecule has 0 heterocycles. The van der Waals surface area contributed by atoms with Gasteiger partial charge in [-0.05, 0) is 24.1 Å². The van der Waals surface area contributed by atoms with E-state index in [2.05, 4.69) is 24.3 Å². The Labute approximate surface area is 105 Å². The third-order valence-corrected chi connectivity index (χ3v) is 2.76. The third-order valence-electron chi connectivity index (χ3n) is 2.76. The molecule has 0 fully saturated rings. The van der Waals surface area contributed by atoms with Crippen molar-refractivity contribution in [2.24, 2.45) is 0 Å². The Kier molecular flexibility index (Phi) is 3.24. The molecule has 0 saturated carbocycles. The van der Waals surface area contributed by atoms with Crippen molar-refractivity contribution in [2.45, 2.75) is 6.92 Å². The zero-order valence-electron chi connectivity index (χ0n) is 9.88. The number of fused-ring (bicyclic) bond motifs is 1. The third kappa shape index (κ3) is 2.30. The summed E-state index contributed by atoms with van der Waals surface area (Å²) < 4.78 is 0. The lowest BCUT2D eigenvalue weighted by molar-refractivity contribution is 0.0692. The van der Waals surface area contributed by atoms with Crippen LogP contribution in [0.15, 0.2) is 48.5 Å². The largest absolute Gasteiger partial charge is 0.478 e. The highest BCUT2D eigenvalue weighted by molar-refractivity contribution is 6.04. The predicted octanol–water partition coefficient (Wildman–Crippen LogP) is 3.25. The Morgan fingerprint density at radius 3 is 1.50 bits per heavy atom. The van der Waals surface area contributed by atoms with Gasteiger partial charge in [0.1, 0.15) is 0 Å². The quantitative estimate of drug-likeness (QED) is 0.699. The zero-order chi connectivity index (χ0) is 13.1.